The molecule has 0 amide bonds. The van der Waals surface area contributed by atoms with Gasteiger partial charge in [-0.15, -0.1) is 12.4 Å². The van der Waals surface area contributed by atoms with Gasteiger partial charge < -0.3 is 5.32 Å². The lowest BCUT2D eigenvalue weighted by molar-refractivity contribution is 0.777. The third-order valence-corrected chi connectivity index (χ3v) is 3.14. The molecule has 1 N–H and O–H groups in total. The molecule has 0 aliphatic heterocycles. The average Bonchev–Trinajstić information content (AvgIpc) is 2.04. The van der Waals surface area contributed by atoms with Gasteiger partial charge in [0.15, 0.2) is 0 Å². The van der Waals surface area contributed by atoms with Crippen molar-refractivity contribution in [2.75, 3.05) is 6.17 Å². The van der Waals surface area contributed by atoms with Gasteiger partial charge in [0.05, 0.1) is 8.07 Å². The van der Waals surface area contributed by atoms with Crippen molar-refractivity contribution < 1.29 is 0 Å². The van der Waals surface area contributed by atoms with Crippen LogP contribution < -0.4 is 5.32 Å². The van der Waals surface area contributed by atoms with Crippen LogP contribution >= 0.6 is 12.4 Å². The molecule has 1 nitrogen and oxygen atoms in total. The third kappa shape index (κ3) is 6.19. The van der Waals surface area contributed by atoms with E-state index >= 15 is 0 Å². The number of nitrogens with one attached hydrogen (secondary N) is 1. The largest absolute Gasteiger partial charge is 0.315 e. The Labute approximate surface area is 94.3 Å². The highest BCUT2D eigenvalue weighted by Gasteiger charge is 2.11. The van der Waals surface area contributed by atoms with Crippen LogP contribution in [0.25, 0.3) is 0 Å². The second-order valence-electron chi connectivity index (χ2n) is 4.65. The van der Waals surface area contributed by atoms with E-state index in [1.807, 2.05) is 0 Å². The summed E-state index contributed by atoms with van der Waals surface area (Å²) in [5.74, 6) is 0. The summed E-state index contributed by atoms with van der Waals surface area (Å²) in [7, 11) is -0.922. The lowest BCUT2D eigenvalue weighted by Gasteiger charge is -2.16. The molecule has 0 fully saturated rings. The molecule has 0 bridgehead atoms. The van der Waals surface area contributed by atoms with Crippen molar-refractivity contribution in [2.45, 2.75) is 26.2 Å². The molecule has 1 aromatic carbocycles. The van der Waals surface area contributed by atoms with Crippen LogP contribution in [0.2, 0.25) is 19.6 Å². The zero-order valence-electron chi connectivity index (χ0n) is 9.21. The first-order valence-corrected chi connectivity index (χ1v) is 8.53. The number of hydrogen-bond acceptors (Lipinski definition) is 1. The van der Waals surface area contributed by atoms with Crippen LogP contribution in [0.15, 0.2) is 30.3 Å². The van der Waals surface area contributed by atoms with Crippen molar-refractivity contribution in [2.24, 2.45) is 0 Å². The Bertz CT molecular complexity index is 243. The summed E-state index contributed by atoms with van der Waals surface area (Å²) in [6.45, 7) is 8.14. The SMILES string of the molecule is C[Si](C)(C)CNCc1ccccc1.Cl. The Kier molecular flexibility index (Phi) is 6.08. The van der Waals surface area contributed by atoms with Gasteiger partial charge in [-0.1, -0.05) is 50.0 Å². The summed E-state index contributed by atoms with van der Waals surface area (Å²) in [6.07, 6.45) is 1.20. The molecule has 0 aliphatic carbocycles. The molecule has 14 heavy (non-hydrogen) atoms. The van der Waals surface area contributed by atoms with Crippen LogP contribution in [-0.4, -0.2) is 14.2 Å². The minimum Gasteiger partial charge on any atom is -0.315 e. The van der Waals surface area contributed by atoms with Gasteiger partial charge in [-0.05, 0) is 11.7 Å². The van der Waals surface area contributed by atoms with Gasteiger partial charge in [0, 0.05) is 6.54 Å². The Morgan fingerprint density at radius 2 is 1.64 bits per heavy atom. The molecule has 80 valence electrons. The van der Waals surface area contributed by atoms with E-state index in [0.29, 0.717) is 0 Å². The molecule has 0 saturated heterocycles. The fourth-order valence-corrected chi connectivity index (χ4v) is 2.05. The monoisotopic (exact) mass is 229 g/mol. The first kappa shape index (κ1) is 13.7. The number of halogens is 1. The predicted molar refractivity (Wildman–Crippen MR) is 68.7 cm³/mol. The first-order chi connectivity index (χ1) is 6.08. The van der Waals surface area contributed by atoms with Crippen molar-refractivity contribution >= 4 is 20.5 Å². The van der Waals surface area contributed by atoms with Gasteiger partial charge in [0.25, 0.3) is 0 Å². The summed E-state index contributed by atoms with van der Waals surface area (Å²) in [5, 5.41) is 3.50. The molecule has 0 spiro atoms. The molecule has 0 heterocycles. The predicted octanol–water partition coefficient (Wildman–Crippen LogP) is 3.08. The molecule has 0 aliphatic rings. The maximum Gasteiger partial charge on any atom is 0.0596 e. The van der Waals surface area contributed by atoms with Gasteiger partial charge >= 0.3 is 0 Å². The first-order valence-electron chi connectivity index (χ1n) is 4.82. The zero-order chi connectivity index (χ0) is 9.73. The van der Waals surface area contributed by atoms with Gasteiger partial charge in [-0.2, -0.15) is 0 Å². The van der Waals surface area contributed by atoms with Crippen LogP contribution in [0.3, 0.4) is 0 Å². The fraction of sp³-hybridized carbons (Fsp3) is 0.455. The molecule has 1 aromatic rings. The standard InChI is InChI=1S/C11H19NSi.ClH/c1-13(2,3)10-12-9-11-7-5-4-6-8-11;/h4-8,12H,9-10H2,1-3H3;1H. The molecular weight excluding hydrogens is 210 g/mol. The Morgan fingerprint density at radius 3 is 2.14 bits per heavy atom. The Morgan fingerprint density at radius 1 is 1.07 bits per heavy atom. The Balaban J connectivity index is 0.00000169. The van der Waals surface area contributed by atoms with Crippen molar-refractivity contribution in [3.05, 3.63) is 35.9 Å². The van der Waals surface area contributed by atoms with Crippen molar-refractivity contribution in [3.63, 3.8) is 0 Å². The van der Waals surface area contributed by atoms with Crippen LogP contribution in [0, 0.1) is 0 Å². The van der Waals surface area contributed by atoms with Crippen molar-refractivity contribution in [3.8, 4) is 0 Å². The molecule has 0 unspecified atom stereocenters. The van der Waals surface area contributed by atoms with Crippen molar-refractivity contribution in [1.29, 1.82) is 0 Å². The number of hydrogen-bond donors (Lipinski definition) is 1. The maximum atomic E-state index is 3.50. The van der Waals surface area contributed by atoms with E-state index in [2.05, 4.69) is 55.3 Å². The van der Waals surface area contributed by atoms with Crippen LogP contribution in [0.1, 0.15) is 5.56 Å². The lowest BCUT2D eigenvalue weighted by Crippen LogP contribution is -2.36. The smallest absolute Gasteiger partial charge is 0.0596 e. The quantitative estimate of drug-likeness (QED) is 0.783. The molecule has 3 heteroatoms. The van der Waals surface area contributed by atoms with Crippen molar-refractivity contribution in [1.82, 2.24) is 5.32 Å². The van der Waals surface area contributed by atoms with Gasteiger partial charge in [0.1, 0.15) is 0 Å². The van der Waals surface area contributed by atoms with E-state index in [4.69, 9.17) is 0 Å². The second-order valence-corrected chi connectivity index (χ2v) is 10.1. The van der Waals surface area contributed by atoms with Crippen LogP contribution in [0.4, 0.5) is 0 Å². The summed E-state index contributed by atoms with van der Waals surface area (Å²) < 4.78 is 0. The van der Waals surface area contributed by atoms with E-state index < -0.39 is 8.07 Å². The molecule has 0 saturated carbocycles. The summed E-state index contributed by atoms with van der Waals surface area (Å²) in [4.78, 5) is 0. The zero-order valence-corrected chi connectivity index (χ0v) is 11.0. The molecule has 1 rings (SSSR count). The van der Waals surface area contributed by atoms with E-state index in [9.17, 15) is 0 Å². The Hall–Kier alpha value is -0.313. The number of benzene rings is 1. The van der Waals surface area contributed by atoms with Gasteiger partial charge in [-0.25, -0.2) is 0 Å². The highest BCUT2D eigenvalue weighted by molar-refractivity contribution is 6.76. The summed E-state index contributed by atoms with van der Waals surface area (Å²) >= 11 is 0. The minimum atomic E-state index is -0.922. The van der Waals surface area contributed by atoms with Crippen LogP contribution in [0.5, 0.6) is 0 Å². The molecule has 0 aromatic heterocycles. The second kappa shape index (κ2) is 6.22. The maximum absolute atomic E-state index is 3.50. The van der Waals surface area contributed by atoms with E-state index in [1.165, 1.54) is 11.7 Å². The average molecular weight is 230 g/mol. The highest BCUT2D eigenvalue weighted by atomic mass is 35.5. The third-order valence-electron chi connectivity index (χ3n) is 1.83. The summed E-state index contributed by atoms with van der Waals surface area (Å²) in [5.41, 5.74) is 1.38. The van der Waals surface area contributed by atoms with E-state index in [-0.39, 0.29) is 12.4 Å². The topological polar surface area (TPSA) is 12.0 Å². The summed E-state index contributed by atoms with van der Waals surface area (Å²) in [6, 6.07) is 10.6. The number of rotatable bonds is 4. The normalized spacial score (nSPS) is 10.8. The van der Waals surface area contributed by atoms with Crippen LogP contribution in [-0.2, 0) is 6.54 Å². The lowest BCUT2D eigenvalue weighted by atomic mass is 10.2. The molecule has 0 atom stereocenters. The molecule has 0 radical (unpaired) electrons. The molecular formula is C11H20ClNSi. The van der Waals surface area contributed by atoms with E-state index in [1.54, 1.807) is 0 Å². The highest BCUT2D eigenvalue weighted by Crippen LogP contribution is 2.00. The van der Waals surface area contributed by atoms with E-state index in [0.717, 1.165) is 6.54 Å². The fourth-order valence-electron chi connectivity index (χ4n) is 1.18. The van der Waals surface area contributed by atoms with Gasteiger partial charge in [0.2, 0.25) is 0 Å². The van der Waals surface area contributed by atoms with Gasteiger partial charge in [-0.3, -0.25) is 0 Å². The minimum absolute atomic E-state index is 0.